The molecule has 4 saturated carbocycles. The molecule has 0 atom stereocenters. The Morgan fingerprint density at radius 2 is 1.04 bits per heavy atom. The van der Waals surface area contributed by atoms with Crippen LogP contribution < -0.4 is 0 Å². The van der Waals surface area contributed by atoms with Crippen LogP contribution in [-0.2, 0) is 5.41 Å². The van der Waals surface area contributed by atoms with Crippen LogP contribution in [0.2, 0.25) is 0 Å². The molecule has 49 heavy (non-hydrogen) atoms. The summed E-state index contributed by atoms with van der Waals surface area (Å²) in [5.74, 6) is 3.41. The first-order valence-electron chi connectivity index (χ1n) is 18.5. The Bertz CT molecular complexity index is 2660. The fourth-order valence-electron chi connectivity index (χ4n) is 12.1. The Hall–Kier alpha value is -5.14. The Balaban J connectivity index is 1.17. The monoisotopic (exact) mass is 627 g/mol. The highest BCUT2D eigenvalue weighted by molar-refractivity contribution is 6.19. The van der Waals surface area contributed by atoms with Gasteiger partial charge in [-0.25, -0.2) is 0 Å². The predicted octanol–water partition coefficient (Wildman–Crippen LogP) is 12.5. The maximum absolute atomic E-state index is 2.54. The molecule has 5 aliphatic carbocycles. The summed E-state index contributed by atoms with van der Waals surface area (Å²) in [6.45, 7) is 0. The summed E-state index contributed by atoms with van der Waals surface area (Å²) in [5.41, 5.74) is 12.9. The molecule has 0 aliphatic heterocycles. The molecule has 234 valence electrons. The van der Waals surface area contributed by atoms with Gasteiger partial charge in [0, 0.05) is 21.6 Å². The molecule has 1 heterocycles. The molecule has 13 rings (SSSR count). The number of fused-ring (bicyclic) bond motifs is 9. The third-order valence-corrected chi connectivity index (χ3v) is 13.6. The summed E-state index contributed by atoms with van der Waals surface area (Å²) >= 11 is 0. The maximum Gasteiger partial charge on any atom is 0.0547 e. The molecule has 4 bridgehead atoms. The zero-order valence-electron chi connectivity index (χ0n) is 27.6. The highest BCUT2D eigenvalue weighted by atomic mass is 15.0. The van der Waals surface area contributed by atoms with Crippen LogP contribution in [-0.4, -0.2) is 4.57 Å². The largest absolute Gasteiger partial charge is 0.309 e. The van der Waals surface area contributed by atoms with E-state index < -0.39 is 0 Å². The second-order valence-electron chi connectivity index (χ2n) is 15.7. The normalized spacial score (nSPS) is 24.8. The van der Waals surface area contributed by atoms with Crippen LogP contribution in [0.15, 0.2) is 140 Å². The van der Waals surface area contributed by atoms with Crippen molar-refractivity contribution in [1.82, 2.24) is 4.57 Å². The van der Waals surface area contributed by atoms with E-state index in [9.17, 15) is 0 Å². The van der Waals surface area contributed by atoms with Gasteiger partial charge in [-0.05, 0) is 124 Å². The molecule has 1 heteroatoms. The summed E-state index contributed by atoms with van der Waals surface area (Å²) in [6, 6.07) is 53.2. The van der Waals surface area contributed by atoms with Crippen LogP contribution >= 0.6 is 0 Å². The first-order valence-corrected chi connectivity index (χ1v) is 18.5. The average molecular weight is 628 g/mol. The van der Waals surface area contributed by atoms with Crippen molar-refractivity contribution in [1.29, 1.82) is 0 Å². The van der Waals surface area contributed by atoms with E-state index in [1.165, 1.54) is 103 Å². The van der Waals surface area contributed by atoms with Gasteiger partial charge in [0.15, 0.2) is 0 Å². The summed E-state index contributed by atoms with van der Waals surface area (Å²) in [4.78, 5) is 0. The zero-order valence-corrected chi connectivity index (χ0v) is 27.6. The molecule has 1 aromatic heterocycles. The lowest BCUT2D eigenvalue weighted by molar-refractivity contribution is -0.0399. The minimum Gasteiger partial charge on any atom is -0.309 e. The number of hydrogen-bond acceptors (Lipinski definition) is 0. The number of aromatic nitrogens is 1. The molecule has 5 aliphatic rings. The summed E-state index contributed by atoms with van der Waals surface area (Å²) in [5, 5.41) is 7.84. The zero-order chi connectivity index (χ0) is 31.8. The van der Waals surface area contributed by atoms with Gasteiger partial charge in [0.25, 0.3) is 0 Å². The Kier molecular flexibility index (Phi) is 5.20. The van der Waals surface area contributed by atoms with Crippen molar-refractivity contribution >= 4 is 43.4 Å². The smallest absolute Gasteiger partial charge is 0.0547 e. The topological polar surface area (TPSA) is 4.93 Å². The Morgan fingerprint density at radius 3 is 1.88 bits per heavy atom. The van der Waals surface area contributed by atoms with E-state index in [4.69, 9.17) is 0 Å². The summed E-state index contributed by atoms with van der Waals surface area (Å²) in [6.07, 6.45) is 7.12. The van der Waals surface area contributed by atoms with Gasteiger partial charge in [-0.2, -0.15) is 0 Å². The van der Waals surface area contributed by atoms with Crippen molar-refractivity contribution in [2.45, 2.75) is 37.5 Å². The van der Waals surface area contributed by atoms with Crippen molar-refractivity contribution in [2.75, 3.05) is 0 Å². The molecule has 0 unspecified atom stereocenters. The third kappa shape index (κ3) is 3.32. The van der Waals surface area contributed by atoms with Crippen LogP contribution in [0.3, 0.4) is 0 Å². The van der Waals surface area contributed by atoms with Gasteiger partial charge in [0.05, 0.1) is 16.7 Å². The number of nitrogens with zero attached hydrogens (tertiary/aromatic N) is 1. The first kappa shape index (κ1) is 26.8. The van der Waals surface area contributed by atoms with E-state index in [-0.39, 0.29) is 5.41 Å². The molecule has 0 radical (unpaired) electrons. The van der Waals surface area contributed by atoms with Crippen LogP contribution in [0.4, 0.5) is 0 Å². The lowest BCUT2D eigenvalue weighted by atomic mass is 9.43. The SMILES string of the molecule is c1ccc2c(c1)-c1c(-c3cccc4c3c3ccccc3n4-c3cc4ccccc4c4ccccc34)cccc1C21C2CC3CC(C2)CC1C3. The first-order chi connectivity index (χ1) is 24.3. The van der Waals surface area contributed by atoms with Gasteiger partial charge in [-0.1, -0.05) is 121 Å². The van der Waals surface area contributed by atoms with E-state index in [0.717, 1.165) is 23.7 Å². The lowest BCUT2D eigenvalue weighted by Crippen LogP contribution is -2.55. The number of para-hydroxylation sites is 1. The summed E-state index contributed by atoms with van der Waals surface area (Å²) in [7, 11) is 0. The average Bonchev–Trinajstić information content (AvgIpc) is 3.64. The molecule has 1 nitrogen and oxygen atoms in total. The maximum atomic E-state index is 2.54. The fourth-order valence-corrected chi connectivity index (χ4v) is 12.1. The standard InChI is InChI=1S/C48H37N/c1-2-12-34-31(11-1)28-45(36-14-4-3-13-35(34)36)49-43-21-8-6-16-40(43)47-38(18-10-22-44(47)49)37-17-9-20-42-46(37)39-15-5-7-19-41(39)48(42)32-24-29-23-30(26-32)27-33(48)25-29/h1-22,28-30,32-33H,23-27H2. The van der Waals surface area contributed by atoms with Crippen molar-refractivity contribution in [3.63, 3.8) is 0 Å². The van der Waals surface area contributed by atoms with Gasteiger partial charge < -0.3 is 4.57 Å². The highest BCUT2D eigenvalue weighted by Gasteiger charge is 2.61. The molecular weight excluding hydrogens is 591 g/mol. The van der Waals surface area contributed by atoms with Crippen molar-refractivity contribution in [3.05, 3.63) is 151 Å². The van der Waals surface area contributed by atoms with Crippen molar-refractivity contribution < 1.29 is 0 Å². The molecule has 0 amide bonds. The Morgan fingerprint density at radius 1 is 0.449 bits per heavy atom. The summed E-state index contributed by atoms with van der Waals surface area (Å²) < 4.78 is 2.54. The van der Waals surface area contributed by atoms with Gasteiger partial charge in [0.1, 0.15) is 0 Å². The van der Waals surface area contributed by atoms with Gasteiger partial charge in [-0.15, -0.1) is 0 Å². The molecule has 4 fully saturated rings. The molecule has 8 aromatic rings. The molecule has 7 aromatic carbocycles. The van der Waals surface area contributed by atoms with E-state index in [0.29, 0.717) is 0 Å². The molecule has 0 N–H and O–H groups in total. The van der Waals surface area contributed by atoms with E-state index in [1.807, 2.05) is 0 Å². The van der Waals surface area contributed by atoms with Crippen LogP contribution in [0.25, 0.3) is 71.3 Å². The second kappa shape index (κ2) is 9.51. The van der Waals surface area contributed by atoms with Gasteiger partial charge in [0.2, 0.25) is 0 Å². The van der Waals surface area contributed by atoms with Crippen LogP contribution in [0, 0.1) is 23.7 Å². The quantitative estimate of drug-likeness (QED) is 0.168. The predicted molar refractivity (Wildman–Crippen MR) is 204 cm³/mol. The number of rotatable bonds is 2. The van der Waals surface area contributed by atoms with Crippen molar-refractivity contribution in [3.8, 4) is 27.9 Å². The molecule has 1 spiro atoms. The highest BCUT2D eigenvalue weighted by Crippen LogP contribution is 2.70. The van der Waals surface area contributed by atoms with Gasteiger partial charge in [-0.3, -0.25) is 0 Å². The van der Waals surface area contributed by atoms with Gasteiger partial charge >= 0.3 is 0 Å². The van der Waals surface area contributed by atoms with E-state index >= 15 is 0 Å². The second-order valence-corrected chi connectivity index (χ2v) is 15.7. The minimum absolute atomic E-state index is 0.168. The molecule has 0 saturated heterocycles. The third-order valence-electron chi connectivity index (χ3n) is 13.6. The number of hydrogen-bond donors (Lipinski definition) is 0. The molecular formula is C48H37N. The van der Waals surface area contributed by atoms with E-state index in [1.54, 1.807) is 11.1 Å². The number of benzene rings is 7. The van der Waals surface area contributed by atoms with Crippen LogP contribution in [0.1, 0.15) is 43.2 Å². The lowest BCUT2D eigenvalue weighted by Gasteiger charge is -2.61. The van der Waals surface area contributed by atoms with Crippen LogP contribution in [0.5, 0.6) is 0 Å². The minimum atomic E-state index is 0.168. The van der Waals surface area contributed by atoms with E-state index in [2.05, 4.69) is 144 Å². The Labute approximate surface area is 286 Å². The fraction of sp³-hybridized carbons (Fsp3) is 0.208. The van der Waals surface area contributed by atoms with Crippen molar-refractivity contribution in [2.24, 2.45) is 23.7 Å².